The Labute approximate surface area is 101 Å². The van der Waals surface area contributed by atoms with Gasteiger partial charge < -0.3 is 14.6 Å². The number of hydrogen-bond donors (Lipinski definition) is 1. The summed E-state index contributed by atoms with van der Waals surface area (Å²) in [6, 6.07) is 9.53. The van der Waals surface area contributed by atoms with E-state index in [0.29, 0.717) is 6.29 Å². The van der Waals surface area contributed by atoms with E-state index in [4.69, 9.17) is 4.74 Å². The first-order valence-electron chi connectivity index (χ1n) is 5.37. The van der Waals surface area contributed by atoms with Gasteiger partial charge in [0.15, 0.2) is 6.29 Å². The molecule has 17 heavy (non-hydrogen) atoms. The minimum absolute atomic E-state index is 0.236. The van der Waals surface area contributed by atoms with Gasteiger partial charge in [-0.3, -0.25) is 0 Å². The molecule has 1 aromatic rings. The normalized spacial score (nSPS) is 14.4. The molecule has 0 saturated heterocycles. The first-order chi connectivity index (χ1) is 8.27. The Morgan fingerprint density at radius 3 is 2.65 bits per heavy atom. The molecule has 0 radical (unpaired) electrons. The number of carbonyl (C=O) groups excluding carboxylic acids is 1. The fourth-order valence-corrected chi connectivity index (χ4v) is 1.28. The zero-order valence-electron chi connectivity index (χ0n) is 9.53. The molecule has 90 valence electrons. The molecule has 0 aliphatic carbocycles. The number of ether oxygens (including phenoxy) is 1. The highest BCUT2D eigenvalue weighted by Crippen LogP contribution is 2.05. The lowest BCUT2D eigenvalue weighted by atomic mass is 10.1. The summed E-state index contributed by atoms with van der Waals surface area (Å²) in [7, 11) is 0. The Bertz CT molecular complexity index is 370. The van der Waals surface area contributed by atoms with Gasteiger partial charge in [-0.05, 0) is 5.56 Å². The van der Waals surface area contributed by atoms with Crippen molar-refractivity contribution in [2.75, 3.05) is 6.61 Å². The lowest BCUT2D eigenvalue weighted by Gasteiger charge is -2.13. The first-order valence-corrected chi connectivity index (χ1v) is 5.37. The minimum atomic E-state index is -0.951. The van der Waals surface area contributed by atoms with Gasteiger partial charge in [0, 0.05) is 0 Å². The summed E-state index contributed by atoms with van der Waals surface area (Å²) in [5.74, 6) is 0. The van der Waals surface area contributed by atoms with Crippen LogP contribution in [-0.2, 0) is 9.53 Å². The van der Waals surface area contributed by atoms with Gasteiger partial charge in [0.05, 0.1) is 6.61 Å². The van der Waals surface area contributed by atoms with Crippen molar-refractivity contribution in [1.29, 1.82) is 0 Å². The second-order valence-corrected chi connectivity index (χ2v) is 3.48. The zero-order valence-corrected chi connectivity index (χ0v) is 9.53. The van der Waals surface area contributed by atoms with Crippen molar-refractivity contribution in [3.63, 3.8) is 0 Å². The Morgan fingerprint density at radius 1 is 1.35 bits per heavy atom. The molecule has 0 aromatic heterocycles. The number of hydrogen-bond acceptors (Lipinski definition) is 3. The second-order valence-electron chi connectivity index (χ2n) is 3.48. The van der Waals surface area contributed by atoms with E-state index < -0.39 is 12.2 Å². The highest BCUT2D eigenvalue weighted by molar-refractivity contribution is 5.59. The van der Waals surface area contributed by atoms with E-state index in [-0.39, 0.29) is 6.61 Å². The Hall–Kier alpha value is -1.71. The van der Waals surface area contributed by atoms with E-state index in [1.807, 2.05) is 30.3 Å². The van der Waals surface area contributed by atoms with Crippen molar-refractivity contribution in [3.8, 4) is 0 Å². The minimum Gasteiger partial charge on any atom is -0.386 e. The molecule has 0 saturated carbocycles. The maximum Gasteiger partial charge on any atom is 0.151 e. The Kier molecular flexibility index (Phi) is 5.93. The van der Waals surface area contributed by atoms with Crippen LogP contribution in [0.5, 0.6) is 0 Å². The molecule has 1 aromatic carbocycles. The summed E-state index contributed by atoms with van der Waals surface area (Å²) >= 11 is 0. The number of carbonyl (C=O) groups is 1. The van der Waals surface area contributed by atoms with Crippen LogP contribution in [0.1, 0.15) is 5.56 Å². The zero-order chi connectivity index (χ0) is 12.5. The Morgan fingerprint density at radius 2 is 2.06 bits per heavy atom. The van der Waals surface area contributed by atoms with Crippen LogP contribution in [0.2, 0.25) is 0 Å². The van der Waals surface area contributed by atoms with E-state index in [9.17, 15) is 9.90 Å². The Balaban J connectivity index is 2.57. The van der Waals surface area contributed by atoms with Crippen LogP contribution < -0.4 is 0 Å². The molecule has 0 heterocycles. The molecule has 0 aliphatic rings. The summed E-state index contributed by atoms with van der Waals surface area (Å²) in [6.07, 6.45) is 3.60. The standard InChI is InChI=1S/C14H16O3/c1-2-10-17-14(11-15)13(16)9-8-12-6-4-3-5-7-12/h2-9,11,13-14,16H,1,10H2/b9-8+/t13-,14-/m0/s1. The summed E-state index contributed by atoms with van der Waals surface area (Å²) in [6.45, 7) is 3.72. The fraction of sp³-hybridized carbons (Fsp3) is 0.214. The van der Waals surface area contributed by atoms with Crippen LogP contribution in [-0.4, -0.2) is 30.2 Å². The third-order valence-corrected chi connectivity index (χ3v) is 2.16. The molecule has 1 N–H and O–H groups in total. The van der Waals surface area contributed by atoms with Crippen molar-refractivity contribution < 1.29 is 14.6 Å². The summed E-state index contributed by atoms with van der Waals surface area (Å²) in [5, 5.41) is 9.72. The van der Waals surface area contributed by atoms with E-state index >= 15 is 0 Å². The maximum absolute atomic E-state index is 10.7. The van der Waals surface area contributed by atoms with Crippen LogP contribution in [0.25, 0.3) is 6.08 Å². The van der Waals surface area contributed by atoms with Crippen LogP contribution in [0, 0.1) is 0 Å². The van der Waals surface area contributed by atoms with E-state index in [1.54, 1.807) is 6.08 Å². The van der Waals surface area contributed by atoms with Gasteiger partial charge in [0.25, 0.3) is 0 Å². The van der Waals surface area contributed by atoms with Gasteiger partial charge in [-0.1, -0.05) is 48.6 Å². The topological polar surface area (TPSA) is 46.5 Å². The number of aliphatic hydroxyl groups is 1. The molecule has 0 aliphatic heterocycles. The SMILES string of the molecule is C=CCO[C@@H](C=O)[C@@H](O)/C=C/c1ccccc1. The number of benzene rings is 1. The average Bonchev–Trinajstić information content (AvgIpc) is 2.38. The smallest absolute Gasteiger partial charge is 0.151 e. The number of aliphatic hydroxyl groups excluding tert-OH is 1. The molecule has 0 spiro atoms. The fourth-order valence-electron chi connectivity index (χ4n) is 1.28. The lowest BCUT2D eigenvalue weighted by Crippen LogP contribution is -2.28. The molecular weight excluding hydrogens is 216 g/mol. The molecule has 3 heteroatoms. The van der Waals surface area contributed by atoms with Gasteiger partial charge in [-0.25, -0.2) is 0 Å². The predicted octanol–water partition coefficient (Wildman–Crippen LogP) is 1.83. The molecule has 0 bridgehead atoms. The lowest BCUT2D eigenvalue weighted by molar-refractivity contribution is -0.122. The van der Waals surface area contributed by atoms with Crippen molar-refractivity contribution in [1.82, 2.24) is 0 Å². The average molecular weight is 232 g/mol. The van der Waals surface area contributed by atoms with Crippen LogP contribution in [0.4, 0.5) is 0 Å². The predicted molar refractivity (Wildman–Crippen MR) is 67.5 cm³/mol. The molecule has 1 rings (SSSR count). The van der Waals surface area contributed by atoms with Gasteiger partial charge >= 0.3 is 0 Å². The highest BCUT2D eigenvalue weighted by atomic mass is 16.5. The summed E-state index contributed by atoms with van der Waals surface area (Å²) in [4.78, 5) is 10.7. The molecular formula is C14H16O3. The van der Waals surface area contributed by atoms with Crippen molar-refractivity contribution in [2.45, 2.75) is 12.2 Å². The van der Waals surface area contributed by atoms with Crippen molar-refractivity contribution >= 4 is 12.4 Å². The van der Waals surface area contributed by atoms with E-state index in [1.165, 1.54) is 12.2 Å². The van der Waals surface area contributed by atoms with Crippen LogP contribution >= 0.6 is 0 Å². The van der Waals surface area contributed by atoms with Gasteiger partial charge in [0.1, 0.15) is 12.2 Å². The molecule has 2 atom stereocenters. The van der Waals surface area contributed by atoms with Crippen molar-refractivity contribution in [2.24, 2.45) is 0 Å². The quantitative estimate of drug-likeness (QED) is 0.576. The second kappa shape index (κ2) is 7.54. The third kappa shape index (κ3) is 4.76. The number of rotatable bonds is 7. The van der Waals surface area contributed by atoms with Gasteiger partial charge in [0.2, 0.25) is 0 Å². The first kappa shape index (κ1) is 13.4. The van der Waals surface area contributed by atoms with E-state index in [2.05, 4.69) is 6.58 Å². The summed E-state index contributed by atoms with van der Waals surface area (Å²) < 4.78 is 5.10. The largest absolute Gasteiger partial charge is 0.386 e. The van der Waals surface area contributed by atoms with Crippen LogP contribution in [0.3, 0.4) is 0 Å². The maximum atomic E-state index is 10.7. The monoisotopic (exact) mass is 232 g/mol. The molecule has 0 amide bonds. The van der Waals surface area contributed by atoms with Gasteiger partial charge in [-0.15, -0.1) is 6.58 Å². The molecule has 0 unspecified atom stereocenters. The molecule has 0 fully saturated rings. The van der Waals surface area contributed by atoms with Gasteiger partial charge in [-0.2, -0.15) is 0 Å². The van der Waals surface area contributed by atoms with E-state index in [0.717, 1.165) is 5.56 Å². The third-order valence-electron chi connectivity index (χ3n) is 2.16. The summed E-state index contributed by atoms with van der Waals surface area (Å²) in [5.41, 5.74) is 0.958. The van der Waals surface area contributed by atoms with Crippen LogP contribution in [0.15, 0.2) is 49.1 Å². The number of aldehydes is 1. The van der Waals surface area contributed by atoms with Crippen molar-refractivity contribution in [3.05, 3.63) is 54.6 Å². The highest BCUT2D eigenvalue weighted by Gasteiger charge is 2.15. The molecule has 3 nitrogen and oxygen atoms in total.